The van der Waals surface area contributed by atoms with Crippen molar-refractivity contribution >= 4 is 0 Å². The standard InChI is InChI=1S/C15H26N2O/c1-3-9-17-15(13-18-12-4-2)6-5-14-7-10-16-11-8-14/h7-8,10-11,15,17H,3-6,9,12-13H2,1-2H3. The summed E-state index contributed by atoms with van der Waals surface area (Å²) in [6.45, 7) is 7.08. The van der Waals surface area contributed by atoms with E-state index in [9.17, 15) is 0 Å². The Hall–Kier alpha value is -0.930. The molecular formula is C15H26N2O. The molecule has 3 heteroatoms. The van der Waals surface area contributed by atoms with Gasteiger partial charge < -0.3 is 10.1 Å². The third-order valence-corrected chi connectivity index (χ3v) is 2.88. The Labute approximate surface area is 111 Å². The number of nitrogens with one attached hydrogen (secondary N) is 1. The first-order valence-electron chi connectivity index (χ1n) is 7.06. The fourth-order valence-electron chi connectivity index (χ4n) is 1.85. The summed E-state index contributed by atoms with van der Waals surface area (Å²) in [6, 6.07) is 4.64. The molecule has 0 aliphatic heterocycles. The van der Waals surface area contributed by atoms with Crippen molar-refractivity contribution in [2.24, 2.45) is 0 Å². The van der Waals surface area contributed by atoms with Crippen LogP contribution < -0.4 is 5.32 Å². The van der Waals surface area contributed by atoms with E-state index in [4.69, 9.17) is 4.74 Å². The summed E-state index contributed by atoms with van der Waals surface area (Å²) in [4.78, 5) is 4.04. The maximum Gasteiger partial charge on any atom is 0.0619 e. The van der Waals surface area contributed by atoms with Crippen LogP contribution in [0.4, 0.5) is 0 Å². The third-order valence-electron chi connectivity index (χ3n) is 2.88. The molecule has 1 atom stereocenters. The summed E-state index contributed by atoms with van der Waals surface area (Å²) in [7, 11) is 0. The van der Waals surface area contributed by atoms with Crippen molar-refractivity contribution < 1.29 is 4.74 Å². The molecule has 0 spiro atoms. The van der Waals surface area contributed by atoms with Gasteiger partial charge in [0.15, 0.2) is 0 Å². The molecule has 0 fully saturated rings. The van der Waals surface area contributed by atoms with Crippen LogP contribution in [0, 0.1) is 0 Å². The number of ether oxygens (including phenoxy) is 1. The van der Waals surface area contributed by atoms with Crippen LogP contribution in [0.15, 0.2) is 24.5 Å². The molecule has 0 saturated heterocycles. The largest absolute Gasteiger partial charge is 0.380 e. The summed E-state index contributed by atoms with van der Waals surface area (Å²) < 4.78 is 5.66. The fraction of sp³-hybridized carbons (Fsp3) is 0.667. The highest BCUT2D eigenvalue weighted by Crippen LogP contribution is 2.05. The summed E-state index contributed by atoms with van der Waals surface area (Å²) in [6.07, 6.45) is 8.17. The molecule has 0 bridgehead atoms. The van der Waals surface area contributed by atoms with Crippen LogP contribution in [0.5, 0.6) is 0 Å². The predicted molar refractivity (Wildman–Crippen MR) is 75.7 cm³/mol. The van der Waals surface area contributed by atoms with Crippen LogP contribution in [-0.2, 0) is 11.2 Å². The molecule has 1 rings (SSSR count). The van der Waals surface area contributed by atoms with Gasteiger partial charge in [-0.15, -0.1) is 0 Å². The smallest absolute Gasteiger partial charge is 0.0619 e. The zero-order valence-electron chi connectivity index (χ0n) is 11.7. The van der Waals surface area contributed by atoms with Crippen LogP contribution in [0.1, 0.15) is 38.7 Å². The number of rotatable bonds is 10. The van der Waals surface area contributed by atoms with Crippen molar-refractivity contribution in [2.45, 2.75) is 45.6 Å². The normalized spacial score (nSPS) is 12.6. The minimum absolute atomic E-state index is 0.463. The summed E-state index contributed by atoms with van der Waals surface area (Å²) in [5.74, 6) is 0. The lowest BCUT2D eigenvalue weighted by atomic mass is 10.1. The SMILES string of the molecule is CCCNC(CCc1ccncc1)COCCC. The Bertz CT molecular complexity index is 290. The van der Waals surface area contributed by atoms with Crippen molar-refractivity contribution in [1.29, 1.82) is 0 Å². The van der Waals surface area contributed by atoms with Crippen molar-refractivity contribution in [3.8, 4) is 0 Å². The van der Waals surface area contributed by atoms with E-state index in [1.807, 2.05) is 12.4 Å². The Morgan fingerprint density at radius 3 is 2.67 bits per heavy atom. The van der Waals surface area contributed by atoms with Crippen molar-refractivity contribution in [3.05, 3.63) is 30.1 Å². The van der Waals surface area contributed by atoms with Gasteiger partial charge in [-0.25, -0.2) is 0 Å². The first kappa shape index (κ1) is 15.1. The van der Waals surface area contributed by atoms with Gasteiger partial charge in [-0.2, -0.15) is 0 Å². The quantitative estimate of drug-likeness (QED) is 0.648. The highest BCUT2D eigenvalue weighted by molar-refractivity contribution is 5.09. The second kappa shape index (κ2) is 10.0. The predicted octanol–water partition coefficient (Wildman–Crippen LogP) is 2.81. The topological polar surface area (TPSA) is 34.2 Å². The molecule has 0 aromatic carbocycles. The van der Waals surface area contributed by atoms with Crippen LogP contribution in [0.25, 0.3) is 0 Å². The Morgan fingerprint density at radius 2 is 2.00 bits per heavy atom. The molecule has 1 N–H and O–H groups in total. The van der Waals surface area contributed by atoms with E-state index in [0.29, 0.717) is 6.04 Å². The zero-order chi connectivity index (χ0) is 13.1. The zero-order valence-corrected chi connectivity index (χ0v) is 11.7. The molecule has 1 heterocycles. The molecule has 0 amide bonds. The maximum absolute atomic E-state index is 5.66. The van der Waals surface area contributed by atoms with Gasteiger partial charge in [-0.1, -0.05) is 13.8 Å². The average Bonchev–Trinajstić information content (AvgIpc) is 2.42. The number of aromatic nitrogens is 1. The molecule has 0 radical (unpaired) electrons. The van der Waals surface area contributed by atoms with Gasteiger partial charge in [0.25, 0.3) is 0 Å². The lowest BCUT2D eigenvalue weighted by molar-refractivity contribution is 0.109. The molecule has 1 aromatic rings. The lowest BCUT2D eigenvalue weighted by Crippen LogP contribution is -2.34. The number of aryl methyl sites for hydroxylation is 1. The molecule has 0 aliphatic rings. The van der Waals surface area contributed by atoms with E-state index in [-0.39, 0.29) is 0 Å². The van der Waals surface area contributed by atoms with Crippen LogP contribution in [0.2, 0.25) is 0 Å². The molecular weight excluding hydrogens is 224 g/mol. The van der Waals surface area contributed by atoms with E-state index < -0.39 is 0 Å². The summed E-state index contributed by atoms with van der Waals surface area (Å²) >= 11 is 0. The highest BCUT2D eigenvalue weighted by atomic mass is 16.5. The number of hydrogen-bond donors (Lipinski definition) is 1. The van der Waals surface area contributed by atoms with E-state index >= 15 is 0 Å². The molecule has 3 nitrogen and oxygen atoms in total. The molecule has 102 valence electrons. The Balaban J connectivity index is 2.30. The first-order chi connectivity index (χ1) is 8.86. The van der Waals surface area contributed by atoms with Crippen LogP contribution >= 0.6 is 0 Å². The lowest BCUT2D eigenvalue weighted by Gasteiger charge is -2.18. The number of hydrogen-bond acceptors (Lipinski definition) is 3. The minimum Gasteiger partial charge on any atom is -0.380 e. The van der Waals surface area contributed by atoms with E-state index in [0.717, 1.165) is 39.0 Å². The van der Waals surface area contributed by atoms with Crippen LogP contribution in [-0.4, -0.2) is 30.8 Å². The second-order valence-electron chi connectivity index (χ2n) is 4.62. The number of pyridine rings is 1. The van der Waals surface area contributed by atoms with Crippen LogP contribution in [0.3, 0.4) is 0 Å². The highest BCUT2D eigenvalue weighted by Gasteiger charge is 2.07. The van der Waals surface area contributed by atoms with Gasteiger partial charge in [0.1, 0.15) is 0 Å². The Kier molecular flexibility index (Phi) is 8.43. The molecule has 0 saturated carbocycles. The van der Waals surface area contributed by atoms with Gasteiger partial charge in [-0.3, -0.25) is 4.98 Å². The van der Waals surface area contributed by atoms with Crippen molar-refractivity contribution in [2.75, 3.05) is 19.8 Å². The van der Waals surface area contributed by atoms with Crippen molar-refractivity contribution in [3.63, 3.8) is 0 Å². The first-order valence-corrected chi connectivity index (χ1v) is 7.06. The van der Waals surface area contributed by atoms with E-state index in [2.05, 4.69) is 36.3 Å². The van der Waals surface area contributed by atoms with Gasteiger partial charge in [-0.05, 0) is 49.9 Å². The third kappa shape index (κ3) is 6.72. The average molecular weight is 250 g/mol. The number of nitrogens with zero attached hydrogens (tertiary/aromatic N) is 1. The fourth-order valence-corrected chi connectivity index (χ4v) is 1.85. The molecule has 0 aliphatic carbocycles. The van der Waals surface area contributed by atoms with Gasteiger partial charge >= 0.3 is 0 Å². The second-order valence-corrected chi connectivity index (χ2v) is 4.62. The molecule has 1 aromatic heterocycles. The van der Waals surface area contributed by atoms with E-state index in [1.165, 1.54) is 12.0 Å². The van der Waals surface area contributed by atoms with Gasteiger partial charge in [0.2, 0.25) is 0 Å². The van der Waals surface area contributed by atoms with Gasteiger partial charge in [0.05, 0.1) is 6.61 Å². The van der Waals surface area contributed by atoms with Gasteiger partial charge in [0, 0.05) is 25.0 Å². The maximum atomic E-state index is 5.66. The van der Waals surface area contributed by atoms with Crippen molar-refractivity contribution in [1.82, 2.24) is 10.3 Å². The molecule has 1 unspecified atom stereocenters. The van der Waals surface area contributed by atoms with E-state index in [1.54, 1.807) is 0 Å². The summed E-state index contributed by atoms with van der Waals surface area (Å²) in [5, 5.41) is 3.56. The Morgan fingerprint density at radius 1 is 1.22 bits per heavy atom. The minimum atomic E-state index is 0.463. The molecule has 18 heavy (non-hydrogen) atoms. The monoisotopic (exact) mass is 250 g/mol. The summed E-state index contributed by atoms with van der Waals surface area (Å²) in [5.41, 5.74) is 1.35.